The van der Waals surface area contributed by atoms with Crippen LogP contribution in [-0.2, 0) is 11.3 Å². The SMILES string of the molecule is CC(=O)N1N=C(c2c(O)n(Cc3ccccc3)c(=O)[nH]c2=O)CC1c1ccc([N+](=O)[O-])cc1. The molecule has 4 rings (SSSR count). The molecule has 0 saturated heterocycles. The molecule has 1 aliphatic heterocycles. The minimum absolute atomic E-state index is 0.0186. The van der Waals surface area contributed by atoms with Crippen molar-refractivity contribution < 1.29 is 14.8 Å². The fourth-order valence-corrected chi connectivity index (χ4v) is 3.76. The summed E-state index contributed by atoms with van der Waals surface area (Å²) in [7, 11) is 0. The lowest BCUT2D eigenvalue weighted by Crippen LogP contribution is -2.34. The lowest BCUT2D eigenvalue weighted by Gasteiger charge is -2.20. The van der Waals surface area contributed by atoms with E-state index in [9.17, 15) is 29.6 Å². The number of hydrogen-bond acceptors (Lipinski definition) is 7. The van der Waals surface area contributed by atoms with Crippen LogP contribution < -0.4 is 11.2 Å². The molecule has 0 saturated carbocycles. The first-order valence-electron chi connectivity index (χ1n) is 9.98. The molecule has 33 heavy (non-hydrogen) atoms. The highest BCUT2D eigenvalue weighted by molar-refractivity contribution is 6.04. The summed E-state index contributed by atoms with van der Waals surface area (Å²) in [4.78, 5) is 49.8. The van der Waals surface area contributed by atoms with Gasteiger partial charge < -0.3 is 5.11 Å². The van der Waals surface area contributed by atoms with Crippen LogP contribution in [0.5, 0.6) is 5.88 Å². The number of amides is 1. The van der Waals surface area contributed by atoms with E-state index in [1.54, 1.807) is 24.3 Å². The number of nitro groups is 1. The summed E-state index contributed by atoms with van der Waals surface area (Å²) in [5, 5.41) is 27.2. The van der Waals surface area contributed by atoms with E-state index in [1.165, 1.54) is 31.2 Å². The second-order valence-corrected chi connectivity index (χ2v) is 7.51. The fraction of sp³-hybridized carbons (Fsp3) is 0.182. The van der Waals surface area contributed by atoms with Crippen LogP contribution in [-0.4, -0.2) is 36.2 Å². The standard InChI is InChI=1S/C22H19N5O6/c1-13(28)26-18(15-7-9-16(10-8-15)27(32)33)11-17(24-26)19-20(29)23-22(31)25(21(19)30)12-14-5-3-2-4-6-14/h2-10,18,30H,11-12H2,1H3,(H,23,29,31). The number of carbonyl (C=O) groups is 1. The molecule has 1 atom stereocenters. The molecule has 2 N–H and O–H groups in total. The van der Waals surface area contributed by atoms with Crippen molar-refractivity contribution in [1.29, 1.82) is 0 Å². The van der Waals surface area contributed by atoms with Crippen molar-refractivity contribution in [3.63, 3.8) is 0 Å². The van der Waals surface area contributed by atoms with Crippen molar-refractivity contribution in [2.24, 2.45) is 5.10 Å². The number of aromatic amines is 1. The van der Waals surface area contributed by atoms with E-state index in [4.69, 9.17) is 0 Å². The Hall–Kier alpha value is -4.54. The Bertz CT molecular complexity index is 1380. The molecule has 3 aromatic rings. The third-order valence-corrected chi connectivity index (χ3v) is 5.37. The summed E-state index contributed by atoms with van der Waals surface area (Å²) in [5.74, 6) is -0.971. The molecule has 1 aliphatic rings. The Kier molecular flexibility index (Phi) is 5.61. The summed E-state index contributed by atoms with van der Waals surface area (Å²) < 4.78 is 1.02. The van der Waals surface area contributed by atoms with Gasteiger partial charge in [0.25, 0.3) is 11.2 Å². The molecule has 11 nitrogen and oxygen atoms in total. The van der Waals surface area contributed by atoms with Crippen LogP contribution in [0.2, 0.25) is 0 Å². The molecule has 0 spiro atoms. The molecule has 2 aromatic carbocycles. The maximum atomic E-state index is 12.6. The number of hydrazone groups is 1. The lowest BCUT2D eigenvalue weighted by atomic mass is 9.99. The quantitative estimate of drug-likeness (QED) is 0.448. The maximum Gasteiger partial charge on any atom is 0.331 e. The first-order chi connectivity index (χ1) is 15.8. The molecule has 2 heterocycles. The number of nitro benzene ring substituents is 1. The predicted octanol–water partition coefficient (Wildman–Crippen LogP) is 1.90. The number of aromatic nitrogens is 2. The number of hydrogen-bond donors (Lipinski definition) is 2. The Morgan fingerprint density at radius 2 is 1.85 bits per heavy atom. The Morgan fingerprint density at radius 1 is 1.18 bits per heavy atom. The van der Waals surface area contributed by atoms with Gasteiger partial charge in [-0.1, -0.05) is 42.5 Å². The van der Waals surface area contributed by atoms with Crippen LogP contribution in [0, 0.1) is 10.1 Å². The normalized spacial score (nSPS) is 15.4. The zero-order valence-electron chi connectivity index (χ0n) is 17.5. The molecule has 1 aromatic heterocycles. The second kappa shape index (κ2) is 8.54. The van der Waals surface area contributed by atoms with Gasteiger partial charge in [-0.05, 0) is 11.1 Å². The summed E-state index contributed by atoms with van der Waals surface area (Å²) in [6.45, 7) is 1.32. The number of benzene rings is 2. The Morgan fingerprint density at radius 3 is 2.45 bits per heavy atom. The van der Waals surface area contributed by atoms with E-state index in [0.29, 0.717) is 5.56 Å². The molecule has 1 amide bonds. The van der Waals surface area contributed by atoms with Gasteiger partial charge in [-0.25, -0.2) is 9.80 Å². The molecule has 0 fully saturated rings. The van der Waals surface area contributed by atoms with Gasteiger partial charge in [-0.2, -0.15) is 5.10 Å². The number of H-pyrrole nitrogens is 1. The summed E-state index contributed by atoms with van der Waals surface area (Å²) in [5.41, 5.74) is -0.490. The molecule has 168 valence electrons. The minimum Gasteiger partial charge on any atom is -0.494 e. The summed E-state index contributed by atoms with van der Waals surface area (Å²) in [6.07, 6.45) is 0.0670. The minimum atomic E-state index is -0.826. The van der Waals surface area contributed by atoms with Crippen molar-refractivity contribution >= 4 is 17.3 Å². The third-order valence-electron chi connectivity index (χ3n) is 5.37. The molecular formula is C22H19N5O6. The van der Waals surface area contributed by atoms with Crippen molar-refractivity contribution in [2.45, 2.75) is 25.9 Å². The highest BCUT2D eigenvalue weighted by atomic mass is 16.6. The summed E-state index contributed by atoms with van der Waals surface area (Å²) >= 11 is 0. The van der Waals surface area contributed by atoms with Crippen molar-refractivity contribution in [3.05, 3.63) is 102 Å². The van der Waals surface area contributed by atoms with Crippen LogP contribution in [0.3, 0.4) is 0 Å². The van der Waals surface area contributed by atoms with Gasteiger partial charge in [-0.3, -0.25) is 29.3 Å². The van der Waals surface area contributed by atoms with Crippen LogP contribution in [0.15, 0.2) is 69.3 Å². The van der Waals surface area contributed by atoms with Crippen LogP contribution in [0.25, 0.3) is 0 Å². The zero-order chi connectivity index (χ0) is 23.7. The highest BCUT2D eigenvalue weighted by Gasteiger charge is 2.34. The van der Waals surface area contributed by atoms with Gasteiger partial charge in [0.15, 0.2) is 0 Å². The summed E-state index contributed by atoms with van der Waals surface area (Å²) in [6, 6.07) is 13.9. The van der Waals surface area contributed by atoms with Crippen molar-refractivity contribution in [3.8, 4) is 5.88 Å². The van der Waals surface area contributed by atoms with Crippen LogP contribution in [0.1, 0.15) is 36.1 Å². The van der Waals surface area contributed by atoms with Gasteiger partial charge in [0.2, 0.25) is 11.8 Å². The predicted molar refractivity (Wildman–Crippen MR) is 118 cm³/mol. The smallest absolute Gasteiger partial charge is 0.331 e. The Labute approximate surface area is 186 Å². The van der Waals surface area contributed by atoms with Gasteiger partial charge in [0.1, 0.15) is 5.56 Å². The number of rotatable bonds is 5. The number of carbonyl (C=O) groups excluding carboxylic acids is 1. The van der Waals surface area contributed by atoms with E-state index >= 15 is 0 Å². The lowest BCUT2D eigenvalue weighted by molar-refractivity contribution is -0.384. The van der Waals surface area contributed by atoms with E-state index in [2.05, 4.69) is 10.1 Å². The van der Waals surface area contributed by atoms with Crippen LogP contribution in [0.4, 0.5) is 5.69 Å². The second-order valence-electron chi connectivity index (χ2n) is 7.51. The molecule has 0 bridgehead atoms. The maximum absolute atomic E-state index is 12.6. The topological polar surface area (TPSA) is 151 Å². The number of nitrogens with zero attached hydrogens (tertiary/aromatic N) is 4. The third kappa shape index (κ3) is 4.15. The van der Waals surface area contributed by atoms with Gasteiger partial charge in [0, 0.05) is 25.5 Å². The first kappa shape index (κ1) is 21.7. The number of aromatic hydroxyl groups is 1. The van der Waals surface area contributed by atoms with E-state index < -0.39 is 34.0 Å². The van der Waals surface area contributed by atoms with E-state index in [0.717, 1.165) is 15.1 Å². The van der Waals surface area contributed by atoms with E-state index in [1.807, 2.05) is 6.07 Å². The monoisotopic (exact) mass is 449 g/mol. The van der Waals surface area contributed by atoms with Crippen molar-refractivity contribution in [1.82, 2.24) is 14.6 Å². The number of non-ortho nitro benzene ring substituents is 1. The van der Waals surface area contributed by atoms with Gasteiger partial charge in [-0.15, -0.1) is 0 Å². The van der Waals surface area contributed by atoms with Gasteiger partial charge >= 0.3 is 5.69 Å². The van der Waals surface area contributed by atoms with Crippen molar-refractivity contribution in [2.75, 3.05) is 0 Å². The molecule has 1 unspecified atom stereocenters. The largest absolute Gasteiger partial charge is 0.494 e. The molecule has 0 aliphatic carbocycles. The van der Waals surface area contributed by atoms with E-state index in [-0.39, 0.29) is 29.9 Å². The fourth-order valence-electron chi connectivity index (χ4n) is 3.76. The Balaban J connectivity index is 1.74. The average molecular weight is 449 g/mol. The number of nitrogens with one attached hydrogen (secondary N) is 1. The average Bonchev–Trinajstić information content (AvgIpc) is 3.22. The first-order valence-corrected chi connectivity index (χ1v) is 9.98. The van der Waals surface area contributed by atoms with Gasteiger partial charge in [0.05, 0.1) is 23.2 Å². The highest BCUT2D eigenvalue weighted by Crippen LogP contribution is 2.34. The molecule has 0 radical (unpaired) electrons. The zero-order valence-corrected chi connectivity index (χ0v) is 17.5. The molecule has 11 heteroatoms. The van der Waals surface area contributed by atoms with Crippen LogP contribution >= 0.6 is 0 Å². The molecular weight excluding hydrogens is 430 g/mol.